The topological polar surface area (TPSA) is 76.6 Å². The summed E-state index contributed by atoms with van der Waals surface area (Å²) in [5.41, 5.74) is 1.09. The summed E-state index contributed by atoms with van der Waals surface area (Å²) in [5.74, 6) is 0.811. The third kappa shape index (κ3) is 4.67. The molecule has 134 valence electrons. The summed E-state index contributed by atoms with van der Waals surface area (Å²) in [5, 5.41) is 12.4. The number of rotatable bonds is 4. The van der Waals surface area contributed by atoms with Gasteiger partial charge in [-0.15, -0.1) is 10.2 Å². The fourth-order valence-corrected chi connectivity index (χ4v) is 3.61. The minimum Gasteiger partial charge on any atom is -0.497 e. The van der Waals surface area contributed by atoms with E-state index in [4.69, 9.17) is 9.47 Å². The number of nitrogens with zero attached hydrogens (tertiary/aromatic N) is 3. The Hall–Kier alpha value is -2.19. The molecule has 1 aliphatic heterocycles. The number of carbonyl (C=O) groups is 1. The molecular formula is C17H22N4O3S. The molecule has 2 amide bonds. The second-order valence-corrected chi connectivity index (χ2v) is 7.18. The zero-order chi connectivity index (χ0) is 17.8. The van der Waals surface area contributed by atoms with Crippen molar-refractivity contribution in [1.82, 2.24) is 15.1 Å². The number of ether oxygens (including phenoxy) is 2. The van der Waals surface area contributed by atoms with E-state index in [-0.39, 0.29) is 18.2 Å². The third-order valence-electron chi connectivity index (χ3n) is 3.88. The number of nitrogens with one attached hydrogen (secondary N) is 1. The van der Waals surface area contributed by atoms with Crippen LogP contribution in [0.15, 0.2) is 24.3 Å². The van der Waals surface area contributed by atoms with Gasteiger partial charge in [0, 0.05) is 19.5 Å². The Morgan fingerprint density at radius 1 is 1.36 bits per heavy atom. The highest BCUT2D eigenvalue weighted by Crippen LogP contribution is 2.21. The Morgan fingerprint density at radius 3 is 2.84 bits per heavy atom. The van der Waals surface area contributed by atoms with Crippen LogP contribution in [0.5, 0.6) is 5.75 Å². The molecule has 2 unspecified atom stereocenters. The summed E-state index contributed by atoms with van der Waals surface area (Å²) in [4.78, 5) is 14.1. The highest BCUT2D eigenvalue weighted by Gasteiger charge is 2.26. The number of carbonyl (C=O) groups excluding carboxylic acids is 1. The van der Waals surface area contributed by atoms with Gasteiger partial charge in [0.1, 0.15) is 10.8 Å². The van der Waals surface area contributed by atoms with Crippen molar-refractivity contribution < 1.29 is 14.3 Å². The van der Waals surface area contributed by atoms with Gasteiger partial charge in [0.05, 0.1) is 19.3 Å². The number of methoxy groups -OCH3 is 1. The molecule has 2 atom stereocenters. The first-order valence-corrected chi connectivity index (χ1v) is 9.02. The molecule has 25 heavy (non-hydrogen) atoms. The summed E-state index contributed by atoms with van der Waals surface area (Å²) in [6, 6.07) is 7.67. The highest BCUT2D eigenvalue weighted by molar-refractivity contribution is 7.15. The first-order valence-electron chi connectivity index (χ1n) is 8.20. The number of morpholine rings is 1. The molecule has 2 heterocycles. The first kappa shape index (κ1) is 17.6. The molecule has 0 aliphatic carbocycles. The standard InChI is InChI=1S/C17H22N4O3S/c1-11-9-21(10-12(2)24-11)17(22)18-16-20-19-15(25-16)8-13-5-4-6-14(7-13)23-3/h4-7,11-12H,8-10H2,1-3H3,(H,18,20,22). The SMILES string of the molecule is COc1cccc(Cc2nnc(NC(=O)N3CC(C)OC(C)C3)s2)c1. The van der Waals surface area contributed by atoms with Crippen molar-refractivity contribution in [2.75, 3.05) is 25.5 Å². The van der Waals surface area contributed by atoms with Crippen molar-refractivity contribution in [3.63, 3.8) is 0 Å². The van der Waals surface area contributed by atoms with Crippen LogP contribution in [-0.2, 0) is 11.2 Å². The maximum absolute atomic E-state index is 12.4. The highest BCUT2D eigenvalue weighted by atomic mass is 32.1. The molecule has 8 heteroatoms. The summed E-state index contributed by atoms with van der Waals surface area (Å²) >= 11 is 1.38. The Kier molecular flexibility index (Phi) is 5.50. The fourth-order valence-electron chi connectivity index (χ4n) is 2.85. The lowest BCUT2D eigenvalue weighted by molar-refractivity contribution is -0.0530. The minimum absolute atomic E-state index is 0.0348. The van der Waals surface area contributed by atoms with Gasteiger partial charge >= 0.3 is 6.03 Å². The molecule has 0 radical (unpaired) electrons. The van der Waals surface area contributed by atoms with Crippen molar-refractivity contribution in [2.24, 2.45) is 0 Å². The average molecular weight is 362 g/mol. The number of benzene rings is 1. The van der Waals surface area contributed by atoms with Crippen LogP contribution in [0.1, 0.15) is 24.4 Å². The average Bonchev–Trinajstić information content (AvgIpc) is 3.01. The van der Waals surface area contributed by atoms with E-state index in [0.29, 0.717) is 24.6 Å². The van der Waals surface area contributed by atoms with Crippen LogP contribution in [0.4, 0.5) is 9.93 Å². The number of anilines is 1. The summed E-state index contributed by atoms with van der Waals surface area (Å²) in [6.07, 6.45) is 0.719. The molecule has 1 aromatic carbocycles. The van der Waals surface area contributed by atoms with Gasteiger partial charge in [0.25, 0.3) is 0 Å². The number of hydrogen-bond donors (Lipinski definition) is 1. The molecule has 0 bridgehead atoms. The largest absolute Gasteiger partial charge is 0.497 e. The zero-order valence-electron chi connectivity index (χ0n) is 14.6. The van der Waals surface area contributed by atoms with E-state index in [1.165, 1.54) is 11.3 Å². The third-order valence-corrected chi connectivity index (χ3v) is 4.72. The predicted molar refractivity (Wildman–Crippen MR) is 96.3 cm³/mol. The van der Waals surface area contributed by atoms with Crippen molar-refractivity contribution >= 4 is 22.5 Å². The molecule has 1 N–H and O–H groups in total. The molecule has 2 aromatic rings. The van der Waals surface area contributed by atoms with E-state index in [1.807, 2.05) is 38.1 Å². The van der Waals surface area contributed by atoms with Gasteiger partial charge in [-0.25, -0.2) is 4.79 Å². The Balaban J connectivity index is 1.60. The van der Waals surface area contributed by atoms with Gasteiger partial charge in [-0.1, -0.05) is 23.5 Å². The van der Waals surface area contributed by atoms with Crippen LogP contribution in [0.25, 0.3) is 0 Å². The van der Waals surface area contributed by atoms with E-state index in [9.17, 15) is 4.79 Å². The van der Waals surface area contributed by atoms with Crippen molar-refractivity contribution in [1.29, 1.82) is 0 Å². The number of aromatic nitrogens is 2. The van der Waals surface area contributed by atoms with Gasteiger partial charge in [-0.2, -0.15) is 0 Å². The summed E-state index contributed by atoms with van der Waals surface area (Å²) in [6.45, 7) is 5.08. The van der Waals surface area contributed by atoms with Crippen LogP contribution in [-0.4, -0.2) is 53.5 Å². The second-order valence-electron chi connectivity index (χ2n) is 6.12. The van der Waals surface area contributed by atoms with Crippen LogP contribution in [0, 0.1) is 0 Å². The van der Waals surface area contributed by atoms with Crippen molar-refractivity contribution in [3.05, 3.63) is 34.8 Å². The molecule has 0 saturated carbocycles. The Labute approximate surface area is 151 Å². The number of amides is 2. The minimum atomic E-state index is -0.161. The van der Waals surface area contributed by atoms with Gasteiger partial charge in [0.15, 0.2) is 0 Å². The second kappa shape index (κ2) is 7.79. The van der Waals surface area contributed by atoms with Gasteiger partial charge in [-0.05, 0) is 31.5 Å². The van der Waals surface area contributed by atoms with Crippen LogP contribution < -0.4 is 10.1 Å². The molecule has 1 aromatic heterocycles. The molecule has 1 fully saturated rings. The Bertz CT molecular complexity index is 726. The first-order chi connectivity index (χ1) is 12.0. The maximum atomic E-state index is 12.4. The molecule has 7 nitrogen and oxygen atoms in total. The van der Waals surface area contributed by atoms with Gasteiger partial charge in [0.2, 0.25) is 5.13 Å². The zero-order valence-corrected chi connectivity index (χ0v) is 15.4. The van der Waals surface area contributed by atoms with E-state index < -0.39 is 0 Å². The quantitative estimate of drug-likeness (QED) is 0.905. The lowest BCUT2D eigenvalue weighted by atomic mass is 10.1. The van der Waals surface area contributed by atoms with Gasteiger partial charge in [-0.3, -0.25) is 5.32 Å². The number of urea groups is 1. The van der Waals surface area contributed by atoms with Gasteiger partial charge < -0.3 is 14.4 Å². The summed E-state index contributed by atoms with van der Waals surface area (Å²) in [7, 11) is 1.64. The smallest absolute Gasteiger partial charge is 0.323 e. The molecule has 1 aliphatic rings. The molecule has 0 spiro atoms. The monoisotopic (exact) mass is 362 g/mol. The predicted octanol–water partition coefficient (Wildman–Crippen LogP) is 2.78. The van der Waals surface area contributed by atoms with Crippen LogP contribution >= 0.6 is 11.3 Å². The van der Waals surface area contributed by atoms with E-state index in [0.717, 1.165) is 16.3 Å². The van der Waals surface area contributed by atoms with E-state index in [2.05, 4.69) is 15.5 Å². The molecule has 1 saturated heterocycles. The van der Waals surface area contributed by atoms with E-state index in [1.54, 1.807) is 12.0 Å². The molecular weight excluding hydrogens is 340 g/mol. The maximum Gasteiger partial charge on any atom is 0.323 e. The normalized spacial score (nSPS) is 20.4. The van der Waals surface area contributed by atoms with Crippen LogP contribution in [0.2, 0.25) is 0 Å². The van der Waals surface area contributed by atoms with Crippen molar-refractivity contribution in [2.45, 2.75) is 32.5 Å². The lowest BCUT2D eigenvalue weighted by Crippen LogP contribution is -2.49. The summed E-state index contributed by atoms with van der Waals surface area (Å²) < 4.78 is 10.9. The number of hydrogen-bond acceptors (Lipinski definition) is 6. The lowest BCUT2D eigenvalue weighted by Gasteiger charge is -2.34. The van der Waals surface area contributed by atoms with Crippen molar-refractivity contribution in [3.8, 4) is 5.75 Å². The van der Waals surface area contributed by atoms with Crippen LogP contribution in [0.3, 0.4) is 0 Å². The Morgan fingerprint density at radius 2 is 2.12 bits per heavy atom. The van der Waals surface area contributed by atoms with E-state index >= 15 is 0 Å². The fraction of sp³-hybridized carbons (Fsp3) is 0.471. The molecule has 3 rings (SSSR count).